The molecule has 4 aliphatic carbocycles. The quantitative estimate of drug-likeness (QED) is 0.313. The number of likely N-dealkylation sites (tertiary alicyclic amines) is 1. The monoisotopic (exact) mass is 710 g/mol. The van der Waals surface area contributed by atoms with Crippen molar-refractivity contribution in [1.29, 1.82) is 0 Å². The molecular formula is C41H79N3O4S. The molecule has 0 aromatic carbocycles. The molecule has 7 nitrogen and oxygen atoms in total. The summed E-state index contributed by atoms with van der Waals surface area (Å²) >= 11 is 1.41. The molecular weight excluding hydrogens is 631 g/mol. The summed E-state index contributed by atoms with van der Waals surface area (Å²) in [5, 5.41) is 5.02. The van der Waals surface area contributed by atoms with Crippen molar-refractivity contribution in [3.63, 3.8) is 0 Å². The fourth-order valence-electron chi connectivity index (χ4n) is 4.86. The van der Waals surface area contributed by atoms with Crippen molar-refractivity contribution in [1.82, 2.24) is 9.88 Å². The number of hydrogen-bond donors (Lipinski definition) is 1. The fourth-order valence-corrected chi connectivity index (χ4v) is 5.44. The van der Waals surface area contributed by atoms with Crippen molar-refractivity contribution >= 4 is 39.8 Å². The van der Waals surface area contributed by atoms with Crippen LogP contribution in [-0.4, -0.2) is 46.4 Å². The van der Waals surface area contributed by atoms with Crippen LogP contribution in [0.2, 0.25) is 0 Å². The van der Waals surface area contributed by atoms with E-state index >= 15 is 0 Å². The molecule has 1 N–H and O–H groups in total. The molecule has 5 aliphatic rings. The normalized spacial score (nSPS) is 17.9. The fraction of sp³-hybridized carbons (Fsp3) is 0.829. The van der Waals surface area contributed by atoms with Crippen molar-refractivity contribution in [2.24, 2.45) is 23.7 Å². The number of anilines is 1. The third kappa shape index (κ3) is 43.9. The number of piperidine rings is 1. The molecule has 49 heavy (non-hydrogen) atoms. The Hall–Kier alpha value is -2.09. The predicted molar refractivity (Wildman–Crippen MR) is 213 cm³/mol. The number of Topliss-reactive ketones (excluding diaryl/α,β-unsaturated/α-hetero) is 2. The van der Waals surface area contributed by atoms with Crippen LogP contribution in [0.4, 0.5) is 5.13 Å². The highest BCUT2D eigenvalue weighted by Gasteiger charge is 2.13. The molecule has 288 valence electrons. The third-order valence-electron chi connectivity index (χ3n) is 8.31. The Morgan fingerprint density at radius 3 is 1.12 bits per heavy atom. The lowest BCUT2D eigenvalue weighted by Crippen LogP contribution is -2.33. The van der Waals surface area contributed by atoms with Crippen molar-refractivity contribution in [3.05, 3.63) is 11.6 Å². The second-order valence-electron chi connectivity index (χ2n) is 14.8. The molecule has 1 aliphatic heterocycles. The number of carbonyl (C=O) groups is 4. The van der Waals surface area contributed by atoms with Gasteiger partial charge in [-0.2, -0.15) is 0 Å². The summed E-state index contributed by atoms with van der Waals surface area (Å²) in [6.07, 6.45) is 26.1. The van der Waals surface area contributed by atoms with E-state index in [2.05, 4.69) is 38.0 Å². The maximum absolute atomic E-state index is 10.7. The average molecular weight is 710 g/mol. The Balaban J connectivity index is -0.000000502. The SMILES string of the molecule is C.CC(=O)N1CCCCC1.CC(=O)Nc1nccs1.CC(C)=O.CC(C)=O.CC1CC1.CC1CCC1.CC1CCCC1.CC1CCCCC1. The second kappa shape index (κ2) is 34.4. The van der Waals surface area contributed by atoms with Crippen LogP contribution in [0.25, 0.3) is 0 Å². The first kappa shape index (κ1) is 51.3. The number of nitrogens with one attached hydrogen (secondary N) is 1. The van der Waals surface area contributed by atoms with Gasteiger partial charge in [0.25, 0.3) is 0 Å². The van der Waals surface area contributed by atoms with Gasteiger partial charge >= 0.3 is 0 Å². The highest BCUT2D eigenvalue weighted by atomic mass is 32.1. The van der Waals surface area contributed by atoms with E-state index in [0.717, 1.165) is 36.8 Å². The van der Waals surface area contributed by atoms with Gasteiger partial charge in [0.05, 0.1) is 0 Å². The van der Waals surface area contributed by atoms with Gasteiger partial charge in [-0.3, -0.25) is 9.59 Å². The molecule has 4 saturated carbocycles. The first-order chi connectivity index (χ1) is 22.6. The van der Waals surface area contributed by atoms with Crippen molar-refractivity contribution in [2.75, 3.05) is 18.4 Å². The van der Waals surface area contributed by atoms with E-state index in [9.17, 15) is 19.2 Å². The van der Waals surface area contributed by atoms with E-state index in [4.69, 9.17) is 0 Å². The minimum absolute atomic E-state index is 0. The van der Waals surface area contributed by atoms with Gasteiger partial charge < -0.3 is 19.8 Å². The molecule has 0 radical (unpaired) electrons. The molecule has 1 aromatic rings. The van der Waals surface area contributed by atoms with E-state index in [-0.39, 0.29) is 30.8 Å². The first-order valence-electron chi connectivity index (χ1n) is 19.0. The minimum Gasteiger partial charge on any atom is -0.343 e. The summed E-state index contributed by atoms with van der Waals surface area (Å²) in [6.45, 7) is 20.5. The molecule has 5 fully saturated rings. The molecule has 0 spiro atoms. The number of thiazole rings is 1. The Morgan fingerprint density at radius 1 is 0.592 bits per heavy atom. The summed E-state index contributed by atoms with van der Waals surface area (Å²) in [4.78, 5) is 45.7. The molecule has 1 aromatic heterocycles. The lowest BCUT2D eigenvalue weighted by Gasteiger charge is -2.24. The summed E-state index contributed by atoms with van der Waals surface area (Å²) in [6, 6.07) is 0. The zero-order valence-electron chi connectivity index (χ0n) is 32.8. The lowest BCUT2D eigenvalue weighted by molar-refractivity contribution is -0.129. The Labute approximate surface area is 307 Å². The number of ketones is 2. The first-order valence-corrected chi connectivity index (χ1v) is 19.9. The molecule has 0 unspecified atom stereocenters. The maximum atomic E-state index is 10.7. The summed E-state index contributed by atoms with van der Waals surface area (Å²) in [5.41, 5.74) is 0. The van der Waals surface area contributed by atoms with Crippen molar-refractivity contribution in [2.45, 2.75) is 186 Å². The van der Waals surface area contributed by atoms with Crippen LogP contribution >= 0.6 is 11.3 Å². The van der Waals surface area contributed by atoms with E-state index < -0.39 is 0 Å². The number of rotatable bonds is 1. The van der Waals surface area contributed by atoms with Gasteiger partial charge in [-0.1, -0.05) is 125 Å². The smallest absolute Gasteiger partial charge is 0.223 e. The molecule has 2 amide bonds. The van der Waals surface area contributed by atoms with Gasteiger partial charge in [0.15, 0.2) is 5.13 Å². The summed E-state index contributed by atoms with van der Waals surface area (Å²) < 4.78 is 0. The molecule has 6 rings (SSSR count). The third-order valence-corrected chi connectivity index (χ3v) is 9.00. The minimum atomic E-state index is -0.0787. The second-order valence-corrected chi connectivity index (χ2v) is 15.6. The Kier molecular flexibility index (Phi) is 36.0. The average Bonchev–Trinajstić information content (AvgIpc) is 3.38. The summed E-state index contributed by atoms with van der Waals surface area (Å²) in [5.74, 6) is 4.72. The van der Waals surface area contributed by atoms with E-state index in [1.807, 2.05) is 10.3 Å². The molecule has 2 heterocycles. The van der Waals surface area contributed by atoms with Crippen LogP contribution in [0.5, 0.6) is 0 Å². The standard InChI is InChI=1S/C7H13NO.C7H14.C6H12.C5H6N2OS.C5H10.C4H8.2C3H6O.CH4/c1-7(9)8-5-3-2-4-6-8;1-7-5-3-2-4-6-7;1-6-4-2-3-5-6;1-4(8)7-5-6-2-3-9-5;1-5-3-2-4-5;1-4-2-3-4;2*1-3(2)4;/h2-6H2,1H3;7H,2-6H2,1H3;6H,2-5H2,1H3;2-3H,1H3,(H,6,7,8);5H,2-4H2,1H3;4H,2-3H2,1H3;2*1-2H3;1H4. The van der Waals surface area contributed by atoms with Crippen LogP contribution in [0.15, 0.2) is 11.6 Å². The maximum Gasteiger partial charge on any atom is 0.223 e. The van der Waals surface area contributed by atoms with Gasteiger partial charge in [0, 0.05) is 38.5 Å². The van der Waals surface area contributed by atoms with Crippen LogP contribution < -0.4 is 5.32 Å². The van der Waals surface area contributed by atoms with Crippen molar-refractivity contribution < 1.29 is 19.2 Å². The highest BCUT2D eigenvalue weighted by molar-refractivity contribution is 7.13. The van der Waals surface area contributed by atoms with Gasteiger partial charge in [0.2, 0.25) is 11.8 Å². The Morgan fingerprint density at radius 2 is 0.939 bits per heavy atom. The lowest BCUT2D eigenvalue weighted by atomic mass is 9.88. The van der Waals surface area contributed by atoms with Gasteiger partial charge in [0.1, 0.15) is 11.6 Å². The largest absolute Gasteiger partial charge is 0.343 e. The van der Waals surface area contributed by atoms with E-state index in [1.165, 1.54) is 155 Å². The number of amides is 2. The predicted octanol–water partition coefficient (Wildman–Crippen LogP) is 12.0. The number of nitrogens with zero attached hydrogens (tertiary/aromatic N) is 2. The topological polar surface area (TPSA) is 96.4 Å². The highest BCUT2D eigenvalue weighted by Crippen LogP contribution is 2.27. The zero-order chi connectivity index (χ0) is 36.7. The van der Waals surface area contributed by atoms with Gasteiger partial charge in [-0.05, 0) is 70.6 Å². The molecule has 1 saturated heterocycles. The van der Waals surface area contributed by atoms with Crippen LogP contribution in [0, 0.1) is 23.7 Å². The number of carbonyl (C=O) groups excluding carboxylic acids is 4. The number of hydrogen-bond acceptors (Lipinski definition) is 6. The van der Waals surface area contributed by atoms with Gasteiger partial charge in [-0.25, -0.2) is 4.98 Å². The zero-order valence-corrected chi connectivity index (χ0v) is 33.7. The van der Waals surface area contributed by atoms with Crippen LogP contribution in [0.3, 0.4) is 0 Å². The molecule has 0 bridgehead atoms. The summed E-state index contributed by atoms with van der Waals surface area (Å²) in [7, 11) is 0. The van der Waals surface area contributed by atoms with E-state index in [0.29, 0.717) is 5.13 Å². The molecule has 0 atom stereocenters. The van der Waals surface area contributed by atoms with Crippen LogP contribution in [0.1, 0.15) is 186 Å². The van der Waals surface area contributed by atoms with Gasteiger partial charge in [-0.15, -0.1) is 11.3 Å². The van der Waals surface area contributed by atoms with Crippen molar-refractivity contribution in [3.8, 4) is 0 Å². The van der Waals surface area contributed by atoms with E-state index in [1.54, 1.807) is 13.1 Å². The Bertz CT molecular complexity index is 891. The molecule has 8 heteroatoms. The van der Waals surface area contributed by atoms with Crippen LogP contribution in [-0.2, 0) is 19.2 Å². The number of aromatic nitrogens is 1.